The van der Waals surface area contributed by atoms with E-state index in [-0.39, 0.29) is 0 Å². The van der Waals surface area contributed by atoms with Gasteiger partial charge in [-0.1, -0.05) is 123 Å². The van der Waals surface area contributed by atoms with Gasteiger partial charge in [0.05, 0.1) is 38.0 Å². The number of carboxylic acid groups (broad SMARTS) is 3. The maximum atomic E-state index is 11.5. The number of carboxylic acids is 3. The Labute approximate surface area is 257 Å². The van der Waals surface area contributed by atoms with E-state index in [0.29, 0.717) is 43.4 Å². The lowest BCUT2D eigenvalue weighted by molar-refractivity contribution is -0.929. The highest BCUT2D eigenvalue weighted by Gasteiger charge is 2.30. The summed E-state index contributed by atoms with van der Waals surface area (Å²) in [4.78, 5) is 34.3. The molecule has 0 aliphatic heterocycles. The number of aliphatic carboxylic acids is 3. The summed E-state index contributed by atoms with van der Waals surface area (Å²) in [6, 6.07) is 0. The van der Waals surface area contributed by atoms with Crippen molar-refractivity contribution < 1.29 is 34.2 Å². The van der Waals surface area contributed by atoms with E-state index in [1.165, 1.54) is 89.9 Å². The third kappa shape index (κ3) is 21.8. The molecule has 7 heteroatoms. The number of unbranched alkanes of at least 4 members (excludes halogenated alkanes) is 14. The number of rotatable bonds is 30. The summed E-state index contributed by atoms with van der Waals surface area (Å²) >= 11 is 0. The van der Waals surface area contributed by atoms with Crippen LogP contribution in [0.4, 0.5) is 0 Å². The average Bonchev–Trinajstić information content (AvgIpc) is 2.96. The molecular weight excluding hydrogens is 530 g/mol. The Morgan fingerprint density at radius 1 is 0.571 bits per heavy atom. The summed E-state index contributed by atoms with van der Waals surface area (Å²) in [5, 5.41) is 30.2. The van der Waals surface area contributed by atoms with Crippen LogP contribution < -0.4 is 5.11 Å². The topological polar surface area (TPSA) is 115 Å². The van der Waals surface area contributed by atoms with Crippen molar-refractivity contribution in [3.8, 4) is 0 Å². The summed E-state index contributed by atoms with van der Waals surface area (Å²) in [7, 11) is 0. The molecule has 0 saturated carbocycles. The van der Waals surface area contributed by atoms with Crippen molar-refractivity contribution in [1.82, 2.24) is 0 Å². The van der Waals surface area contributed by atoms with Gasteiger partial charge in [-0.2, -0.15) is 0 Å². The van der Waals surface area contributed by atoms with E-state index in [9.17, 15) is 29.7 Å². The van der Waals surface area contributed by atoms with Crippen molar-refractivity contribution in [2.75, 3.05) is 26.2 Å². The van der Waals surface area contributed by atoms with Gasteiger partial charge in [0.25, 0.3) is 0 Å². The summed E-state index contributed by atoms with van der Waals surface area (Å²) in [5.74, 6) is -4.39. The molecule has 0 spiro atoms. The SMILES string of the molecule is CCCCCCCCCCCCCCCC/C=C/CC[N+](CCC(C)C(=O)[O-])(CCC(C)C(=O)O)CCC(C)C(=O)O. The largest absolute Gasteiger partial charge is 0.550 e. The van der Waals surface area contributed by atoms with Crippen LogP contribution in [0.5, 0.6) is 0 Å². The van der Waals surface area contributed by atoms with E-state index >= 15 is 0 Å². The van der Waals surface area contributed by atoms with Gasteiger partial charge in [-0.3, -0.25) is 9.59 Å². The Kier molecular flexibility index (Phi) is 24.4. The first-order valence-corrected chi connectivity index (χ1v) is 17.2. The second-order valence-corrected chi connectivity index (χ2v) is 12.9. The highest BCUT2D eigenvalue weighted by molar-refractivity contribution is 5.69. The van der Waals surface area contributed by atoms with E-state index in [1.54, 1.807) is 20.8 Å². The molecule has 0 amide bonds. The van der Waals surface area contributed by atoms with Crippen LogP contribution in [0.15, 0.2) is 12.2 Å². The zero-order valence-electron chi connectivity index (χ0n) is 27.6. The molecule has 246 valence electrons. The van der Waals surface area contributed by atoms with Gasteiger partial charge >= 0.3 is 11.9 Å². The van der Waals surface area contributed by atoms with Crippen LogP contribution in [0, 0.1) is 17.8 Å². The number of carbonyl (C=O) groups excluding carboxylic acids is 1. The number of allylic oxidation sites excluding steroid dienone is 1. The predicted molar refractivity (Wildman–Crippen MR) is 170 cm³/mol. The molecule has 0 rings (SSSR count). The van der Waals surface area contributed by atoms with Crippen LogP contribution in [0.25, 0.3) is 0 Å². The molecular formula is C35H65NO6. The molecule has 3 unspecified atom stereocenters. The third-order valence-corrected chi connectivity index (χ3v) is 9.02. The van der Waals surface area contributed by atoms with E-state index in [0.717, 1.165) is 19.4 Å². The van der Waals surface area contributed by atoms with Crippen molar-refractivity contribution in [2.24, 2.45) is 17.8 Å². The van der Waals surface area contributed by atoms with Crippen LogP contribution in [0.3, 0.4) is 0 Å². The highest BCUT2D eigenvalue weighted by Crippen LogP contribution is 2.21. The normalized spacial score (nSPS) is 15.3. The monoisotopic (exact) mass is 595 g/mol. The van der Waals surface area contributed by atoms with Crippen LogP contribution in [-0.4, -0.2) is 58.8 Å². The number of nitrogens with zero attached hydrogens (tertiary/aromatic N) is 1. The Hall–Kier alpha value is -1.89. The Balaban J connectivity index is 4.58. The minimum atomic E-state index is -1.08. The predicted octanol–water partition coefficient (Wildman–Crippen LogP) is 7.62. The van der Waals surface area contributed by atoms with Gasteiger partial charge in [0.15, 0.2) is 0 Å². The van der Waals surface area contributed by atoms with Crippen LogP contribution in [0.2, 0.25) is 0 Å². The van der Waals surface area contributed by atoms with E-state index in [1.807, 2.05) is 0 Å². The molecule has 0 aliphatic rings. The van der Waals surface area contributed by atoms with Gasteiger partial charge in [0.2, 0.25) is 0 Å². The van der Waals surface area contributed by atoms with Crippen LogP contribution in [-0.2, 0) is 14.4 Å². The second-order valence-electron chi connectivity index (χ2n) is 12.9. The summed E-state index contributed by atoms with van der Waals surface area (Å²) in [6.45, 7) is 9.78. The molecule has 0 heterocycles. The zero-order chi connectivity index (χ0) is 31.6. The number of hydrogen-bond acceptors (Lipinski definition) is 4. The van der Waals surface area contributed by atoms with Gasteiger partial charge in [0, 0.05) is 37.6 Å². The molecule has 0 aromatic carbocycles. The lowest BCUT2D eigenvalue weighted by Gasteiger charge is -2.40. The molecule has 0 bridgehead atoms. The first-order chi connectivity index (χ1) is 20.0. The molecule has 0 radical (unpaired) electrons. The Morgan fingerprint density at radius 3 is 1.31 bits per heavy atom. The fourth-order valence-electron chi connectivity index (χ4n) is 5.48. The van der Waals surface area contributed by atoms with E-state index < -0.39 is 35.7 Å². The molecule has 7 nitrogen and oxygen atoms in total. The number of quaternary nitrogens is 1. The first kappa shape index (κ1) is 40.1. The highest BCUT2D eigenvalue weighted by atomic mass is 16.4. The Morgan fingerprint density at radius 2 is 0.929 bits per heavy atom. The first-order valence-electron chi connectivity index (χ1n) is 17.2. The van der Waals surface area contributed by atoms with Crippen molar-refractivity contribution in [3.63, 3.8) is 0 Å². The molecule has 2 N–H and O–H groups in total. The quantitative estimate of drug-likeness (QED) is 0.0501. The van der Waals surface area contributed by atoms with Crippen LogP contribution in [0.1, 0.15) is 150 Å². The van der Waals surface area contributed by atoms with Gasteiger partial charge in [0.1, 0.15) is 0 Å². The lowest BCUT2D eigenvalue weighted by atomic mass is 10.0. The van der Waals surface area contributed by atoms with Crippen molar-refractivity contribution in [1.29, 1.82) is 0 Å². The number of hydrogen-bond donors (Lipinski definition) is 2. The van der Waals surface area contributed by atoms with Gasteiger partial charge < -0.3 is 24.6 Å². The molecule has 0 fully saturated rings. The van der Waals surface area contributed by atoms with E-state index in [2.05, 4.69) is 19.1 Å². The van der Waals surface area contributed by atoms with Gasteiger partial charge in [-0.25, -0.2) is 0 Å². The summed E-state index contributed by atoms with van der Waals surface area (Å²) < 4.78 is 0.538. The third-order valence-electron chi connectivity index (χ3n) is 9.02. The van der Waals surface area contributed by atoms with Crippen LogP contribution >= 0.6 is 0 Å². The fraction of sp³-hybridized carbons (Fsp3) is 0.857. The van der Waals surface area contributed by atoms with Gasteiger partial charge in [-0.15, -0.1) is 0 Å². The molecule has 0 aromatic rings. The van der Waals surface area contributed by atoms with Gasteiger partial charge in [-0.05, 0) is 12.8 Å². The molecule has 0 aliphatic carbocycles. The number of carbonyl (C=O) groups is 3. The minimum Gasteiger partial charge on any atom is -0.550 e. The van der Waals surface area contributed by atoms with Crippen molar-refractivity contribution in [2.45, 2.75) is 150 Å². The maximum absolute atomic E-state index is 11.5. The molecule has 3 atom stereocenters. The molecule has 0 saturated heterocycles. The average molecular weight is 596 g/mol. The summed E-state index contributed by atoms with van der Waals surface area (Å²) in [5.41, 5.74) is 0. The lowest BCUT2D eigenvalue weighted by Crippen LogP contribution is -2.52. The fourth-order valence-corrected chi connectivity index (χ4v) is 5.48. The van der Waals surface area contributed by atoms with Crippen molar-refractivity contribution in [3.05, 3.63) is 12.2 Å². The molecule has 0 aromatic heterocycles. The second kappa shape index (κ2) is 25.6. The minimum absolute atomic E-state index is 0.425. The Bertz CT molecular complexity index is 677. The van der Waals surface area contributed by atoms with Crippen molar-refractivity contribution >= 4 is 17.9 Å². The molecule has 42 heavy (non-hydrogen) atoms. The maximum Gasteiger partial charge on any atom is 0.306 e. The smallest absolute Gasteiger partial charge is 0.306 e. The summed E-state index contributed by atoms with van der Waals surface area (Å²) in [6.07, 6.45) is 26.5. The zero-order valence-corrected chi connectivity index (χ0v) is 27.6. The van der Waals surface area contributed by atoms with E-state index in [4.69, 9.17) is 0 Å². The standard InChI is InChI=1S/C35H65NO6/c1-5-6-7-8-9-10-11-12-13-14-15-16-17-18-19-20-21-22-26-36(27-23-30(2)33(37)38,28-24-31(3)34(39)40)29-25-32(4)35(41)42/h20-21,30-32H,5-19,22-29H2,1-4H3,(H2-,37,38,39,40,41,42)/b21-20+.